The molecule has 35 heavy (non-hydrogen) atoms. The van der Waals surface area contributed by atoms with E-state index in [1.165, 1.54) is 16.3 Å². The maximum atomic E-state index is 12.9. The van der Waals surface area contributed by atoms with Gasteiger partial charge in [0.25, 0.3) is 0 Å². The number of rotatable bonds is 10. The minimum atomic E-state index is -1.97. The van der Waals surface area contributed by atoms with Crippen molar-refractivity contribution in [2.24, 2.45) is 5.92 Å². The highest BCUT2D eigenvalue weighted by Crippen LogP contribution is 2.41. The molecule has 0 amide bonds. The quantitative estimate of drug-likeness (QED) is 0.246. The van der Waals surface area contributed by atoms with Crippen molar-refractivity contribution in [3.05, 3.63) is 102 Å². The van der Waals surface area contributed by atoms with Crippen molar-refractivity contribution in [1.82, 2.24) is 4.90 Å². The SMILES string of the molecule is CC(C)C[C@@H]([C@@H]1OC(=O)C[C@H]1[Si](C)(C)c1ccccc1)N(Cc1ccccc1)Cc1ccccc1. The smallest absolute Gasteiger partial charge is 0.306 e. The number of hydrogen-bond acceptors (Lipinski definition) is 3. The van der Waals surface area contributed by atoms with E-state index in [2.05, 4.69) is 123 Å². The molecule has 0 N–H and O–H groups in total. The molecule has 3 nitrogen and oxygen atoms in total. The van der Waals surface area contributed by atoms with Crippen LogP contribution >= 0.6 is 0 Å². The summed E-state index contributed by atoms with van der Waals surface area (Å²) in [5.41, 5.74) is 2.82. The van der Waals surface area contributed by atoms with E-state index in [4.69, 9.17) is 4.74 Å². The molecule has 4 rings (SSSR count). The van der Waals surface area contributed by atoms with Crippen molar-refractivity contribution >= 4 is 19.2 Å². The van der Waals surface area contributed by atoms with Crippen molar-refractivity contribution in [3.63, 3.8) is 0 Å². The fourth-order valence-electron chi connectivity index (χ4n) is 5.57. The number of hydrogen-bond donors (Lipinski definition) is 0. The first-order valence-corrected chi connectivity index (χ1v) is 16.0. The second-order valence-corrected chi connectivity index (χ2v) is 15.7. The molecular weight excluding hydrogens is 446 g/mol. The first-order chi connectivity index (χ1) is 16.8. The van der Waals surface area contributed by atoms with Gasteiger partial charge in [0.1, 0.15) is 6.10 Å². The molecule has 0 unspecified atom stereocenters. The van der Waals surface area contributed by atoms with Crippen LogP contribution < -0.4 is 5.19 Å². The molecule has 4 heteroatoms. The maximum Gasteiger partial charge on any atom is 0.306 e. The summed E-state index contributed by atoms with van der Waals surface area (Å²) in [5.74, 6) is 0.458. The van der Waals surface area contributed by atoms with Gasteiger partial charge in [-0.15, -0.1) is 0 Å². The summed E-state index contributed by atoms with van der Waals surface area (Å²) in [5, 5.41) is 1.40. The number of nitrogens with zero attached hydrogens (tertiary/aromatic N) is 1. The minimum Gasteiger partial charge on any atom is -0.461 e. The largest absolute Gasteiger partial charge is 0.461 e. The summed E-state index contributed by atoms with van der Waals surface area (Å²) in [4.78, 5) is 15.4. The van der Waals surface area contributed by atoms with E-state index >= 15 is 0 Å². The number of carbonyl (C=O) groups is 1. The van der Waals surface area contributed by atoms with Crippen LogP contribution in [0.4, 0.5) is 0 Å². The van der Waals surface area contributed by atoms with Gasteiger partial charge in [-0.25, -0.2) is 0 Å². The van der Waals surface area contributed by atoms with Gasteiger partial charge in [-0.3, -0.25) is 9.69 Å². The van der Waals surface area contributed by atoms with Crippen molar-refractivity contribution in [2.45, 2.75) is 70.6 Å². The molecule has 1 saturated heterocycles. The van der Waals surface area contributed by atoms with Crippen LogP contribution in [0.3, 0.4) is 0 Å². The molecule has 1 fully saturated rings. The van der Waals surface area contributed by atoms with Crippen molar-refractivity contribution < 1.29 is 9.53 Å². The maximum absolute atomic E-state index is 12.9. The van der Waals surface area contributed by atoms with Crippen LogP contribution in [0.25, 0.3) is 0 Å². The van der Waals surface area contributed by atoms with E-state index < -0.39 is 8.07 Å². The average Bonchev–Trinajstić information content (AvgIpc) is 3.26. The first kappa shape index (κ1) is 25.4. The number of ether oxygens (including phenoxy) is 1. The molecule has 0 aromatic heterocycles. The second-order valence-electron chi connectivity index (χ2n) is 10.9. The summed E-state index contributed by atoms with van der Waals surface area (Å²) < 4.78 is 6.26. The third-order valence-corrected chi connectivity index (χ3v) is 11.7. The summed E-state index contributed by atoms with van der Waals surface area (Å²) in [6, 6.07) is 32.3. The molecule has 3 aromatic rings. The normalized spacial score (nSPS) is 19.2. The Morgan fingerprint density at radius 3 is 1.80 bits per heavy atom. The van der Waals surface area contributed by atoms with Gasteiger partial charge in [0, 0.05) is 31.1 Å². The van der Waals surface area contributed by atoms with Gasteiger partial charge < -0.3 is 4.74 Å². The van der Waals surface area contributed by atoms with Crippen LogP contribution in [0.1, 0.15) is 37.8 Å². The molecule has 1 heterocycles. The van der Waals surface area contributed by atoms with Crippen molar-refractivity contribution in [3.8, 4) is 0 Å². The third kappa shape index (κ3) is 6.30. The first-order valence-electron chi connectivity index (χ1n) is 12.9. The van der Waals surface area contributed by atoms with E-state index in [9.17, 15) is 4.79 Å². The summed E-state index contributed by atoms with van der Waals surface area (Å²) in [6.45, 7) is 11.0. The number of carbonyl (C=O) groups excluding carboxylic acids is 1. The van der Waals surface area contributed by atoms with Gasteiger partial charge in [-0.1, -0.05) is 123 Å². The average molecular weight is 486 g/mol. The topological polar surface area (TPSA) is 29.5 Å². The Morgan fingerprint density at radius 1 is 0.829 bits per heavy atom. The fourth-order valence-corrected chi connectivity index (χ4v) is 8.84. The van der Waals surface area contributed by atoms with Gasteiger partial charge >= 0.3 is 5.97 Å². The lowest BCUT2D eigenvalue weighted by Crippen LogP contribution is -2.54. The third-order valence-electron chi connectivity index (χ3n) is 7.51. The highest BCUT2D eigenvalue weighted by Gasteiger charge is 2.50. The lowest BCUT2D eigenvalue weighted by Gasteiger charge is -2.41. The molecule has 1 aliphatic rings. The Balaban J connectivity index is 1.72. The monoisotopic (exact) mass is 485 g/mol. The highest BCUT2D eigenvalue weighted by molar-refractivity contribution is 6.91. The van der Waals surface area contributed by atoms with E-state index in [0.29, 0.717) is 12.3 Å². The zero-order valence-electron chi connectivity index (χ0n) is 21.6. The van der Waals surface area contributed by atoms with E-state index in [0.717, 1.165) is 19.5 Å². The Morgan fingerprint density at radius 2 is 1.31 bits per heavy atom. The Labute approximate surface area is 212 Å². The lowest BCUT2D eigenvalue weighted by atomic mass is 9.94. The Bertz CT molecular complexity index is 1030. The number of cyclic esters (lactones) is 1. The lowest BCUT2D eigenvalue weighted by molar-refractivity contribution is -0.144. The van der Waals surface area contributed by atoms with Crippen LogP contribution in [-0.2, 0) is 22.6 Å². The van der Waals surface area contributed by atoms with Crippen LogP contribution in [0.5, 0.6) is 0 Å². The van der Waals surface area contributed by atoms with E-state index in [1.807, 2.05) is 0 Å². The van der Waals surface area contributed by atoms with Crippen molar-refractivity contribution in [1.29, 1.82) is 0 Å². The molecule has 1 aliphatic heterocycles. The summed E-state index contributed by atoms with van der Waals surface area (Å²) >= 11 is 0. The van der Waals surface area contributed by atoms with Crippen molar-refractivity contribution in [2.75, 3.05) is 0 Å². The molecule has 0 spiro atoms. The van der Waals surface area contributed by atoms with E-state index in [-0.39, 0.29) is 23.7 Å². The second kappa shape index (κ2) is 11.4. The highest BCUT2D eigenvalue weighted by atomic mass is 28.3. The predicted octanol–water partition coefficient (Wildman–Crippen LogP) is 6.40. The molecule has 184 valence electrons. The molecule has 3 aromatic carbocycles. The number of esters is 1. The summed E-state index contributed by atoms with van der Waals surface area (Å²) in [7, 11) is -1.97. The van der Waals surface area contributed by atoms with Crippen LogP contribution in [0, 0.1) is 5.92 Å². The van der Waals surface area contributed by atoms with Crippen LogP contribution in [0.2, 0.25) is 18.6 Å². The van der Waals surface area contributed by atoms with Gasteiger partial charge in [-0.2, -0.15) is 0 Å². The zero-order valence-corrected chi connectivity index (χ0v) is 22.6. The van der Waals surface area contributed by atoms with Gasteiger partial charge in [0.15, 0.2) is 0 Å². The standard InChI is InChI=1S/C31H39NO2Si/c1-24(2)20-28(31-29(21-30(33)34-31)35(3,4)27-18-12-7-13-19-27)32(22-25-14-8-5-9-15-25)23-26-16-10-6-11-17-26/h5-19,24,28-29,31H,20-23H2,1-4H3/t28-,29+,31-/m0/s1. The molecule has 0 saturated carbocycles. The minimum absolute atomic E-state index is 0.0374. The molecule has 3 atom stereocenters. The van der Waals surface area contributed by atoms with Gasteiger partial charge in [0.05, 0.1) is 8.07 Å². The summed E-state index contributed by atoms with van der Waals surface area (Å²) in [6.07, 6.45) is 1.42. The molecule has 0 bridgehead atoms. The van der Waals surface area contributed by atoms with Crippen LogP contribution in [0.15, 0.2) is 91.0 Å². The van der Waals surface area contributed by atoms with Gasteiger partial charge in [0.2, 0.25) is 0 Å². The molecular formula is C31H39NO2Si. The zero-order chi connectivity index (χ0) is 24.8. The molecule has 0 aliphatic carbocycles. The van der Waals surface area contributed by atoms with Crippen LogP contribution in [-0.4, -0.2) is 31.1 Å². The van der Waals surface area contributed by atoms with Gasteiger partial charge in [-0.05, 0) is 23.5 Å². The Kier molecular flexibility index (Phi) is 8.25. The fraction of sp³-hybridized carbons (Fsp3) is 0.387. The predicted molar refractivity (Wildman–Crippen MR) is 147 cm³/mol. The van der Waals surface area contributed by atoms with E-state index in [1.54, 1.807) is 0 Å². The Hall–Kier alpha value is -2.69. The number of benzene rings is 3. The molecule has 0 radical (unpaired) electrons.